The molecule has 34 heavy (non-hydrogen) atoms. The lowest BCUT2D eigenvalue weighted by atomic mass is 10.1. The van der Waals surface area contributed by atoms with Gasteiger partial charge in [0.15, 0.2) is 0 Å². The smallest absolute Gasteiger partial charge is 0.262 e. The van der Waals surface area contributed by atoms with Crippen LogP contribution in [0.4, 0.5) is 0 Å². The van der Waals surface area contributed by atoms with Crippen LogP contribution in [0, 0.1) is 11.3 Å². The minimum absolute atomic E-state index is 0.0276. The van der Waals surface area contributed by atoms with Crippen LogP contribution >= 0.6 is 0 Å². The second kappa shape index (κ2) is 10.4. The maximum absolute atomic E-state index is 12.7. The fourth-order valence-corrected chi connectivity index (χ4v) is 3.37. The minimum atomic E-state index is -0.488. The second-order valence-electron chi connectivity index (χ2n) is 7.84. The van der Waals surface area contributed by atoms with Gasteiger partial charge >= 0.3 is 0 Å². The third-order valence-corrected chi connectivity index (χ3v) is 4.93. The first-order valence-electron chi connectivity index (χ1n) is 10.9. The lowest BCUT2D eigenvalue weighted by Crippen LogP contribution is -2.23. The Labute approximate surface area is 197 Å². The number of nitriles is 1. The average Bonchev–Trinajstić information content (AvgIpc) is 3.52. The molecule has 1 N–H and O–H groups in total. The van der Waals surface area contributed by atoms with Crippen molar-refractivity contribution in [3.63, 3.8) is 0 Å². The largest absolute Gasteiger partial charge is 0.491 e. The van der Waals surface area contributed by atoms with Crippen LogP contribution in [0.2, 0.25) is 0 Å². The molecule has 0 radical (unpaired) electrons. The number of ether oxygens (including phenoxy) is 1. The first kappa shape index (κ1) is 22.6. The number of carbonyl (C=O) groups excluding carboxylic acids is 1. The summed E-state index contributed by atoms with van der Waals surface area (Å²) in [4.78, 5) is 12.7. The molecule has 0 spiro atoms. The van der Waals surface area contributed by atoms with Crippen molar-refractivity contribution in [1.82, 2.24) is 15.1 Å². The number of rotatable bonds is 8. The van der Waals surface area contributed by atoms with Crippen molar-refractivity contribution >= 4 is 12.0 Å². The number of hydrogen-bond acceptors (Lipinski definition) is 5. The van der Waals surface area contributed by atoms with E-state index in [0.717, 1.165) is 17.0 Å². The Bertz CT molecular complexity index is 1310. The number of carbonyl (C=O) groups is 1. The molecule has 4 rings (SSSR count). The standard InChI is InChI=1S/C27H24N4O3/c1-19(2)34-24-12-10-20(11-13-24)26-22(18-31(30-26)23-7-4-3-5-8-23)15-21(16-28)27(32)29-17-25-9-6-14-33-25/h3-15,18-19H,17H2,1-2H3,(H,29,32). The van der Waals surface area contributed by atoms with Crippen LogP contribution in [0.15, 0.2) is 89.2 Å². The van der Waals surface area contributed by atoms with Crippen molar-refractivity contribution in [2.24, 2.45) is 0 Å². The minimum Gasteiger partial charge on any atom is -0.491 e. The number of hydrogen-bond donors (Lipinski definition) is 1. The van der Waals surface area contributed by atoms with E-state index in [4.69, 9.17) is 14.3 Å². The molecule has 1 amide bonds. The van der Waals surface area contributed by atoms with Gasteiger partial charge in [0.1, 0.15) is 23.2 Å². The molecular weight excluding hydrogens is 428 g/mol. The van der Waals surface area contributed by atoms with Crippen molar-refractivity contribution in [3.8, 4) is 28.8 Å². The van der Waals surface area contributed by atoms with Crippen molar-refractivity contribution in [1.29, 1.82) is 5.26 Å². The zero-order chi connectivity index (χ0) is 23.9. The van der Waals surface area contributed by atoms with E-state index in [9.17, 15) is 10.1 Å². The van der Waals surface area contributed by atoms with E-state index >= 15 is 0 Å². The van der Waals surface area contributed by atoms with Gasteiger partial charge in [-0.05, 0) is 68.5 Å². The molecule has 2 heterocycles. The molecule has 0 aliphatic carbocycles. The SMILES string of the molecule is CC(C)Oc1ccc(-c2nn(-c3ccccc3)cc2C=C(C#N)C(=O)NCc2ccco2)cc1. The van der Waals surface area contributed by atoms with Gasteiger partial charge in [-0.3, -0.25) is 4.79 Å². The molecule has 0 saturated carbocycles. The lowest BCUT2D eigenvalue weighted by Gasteiger charge is -2.09. The van der Waals surface area contributed by atoms with E-state index in [1.807, 2.05) is 74.5 Å². The quantitative estimate of drug-likeness (QED) is 0.295. The van der Waals surface area contributed by atoms with Crippen molar-refractivity contribution < 1.29 is 13.9 Å². The van der Waals surface area contributed by atoms with E-state index in [-0.39, 0.29) is 18.2 Å². The zero-order valence-electron chi connectivity index (χ0n) is 18.9. The molecule has 2 aromatic carbocycles. The van der Waals surface area contributed by atoms with Gasteiger partial charge in [-0.25, -0.2) is 4.68 Å². The average molecular weight is 453 g/mol. The summed E-state index contributed by atoms with van der Waals surface area (Å²) in [7, 11) is 0. The second-order valence-corrected chi connectivity index (χ2v) is 7.84. The molecular formula is C27H24N4O3. The van der Waals surface area contributed by atoms with Gasteiger partial charge in [0.05, 0.1) is 30.3 Å². The fourth-order valence-electron chi connectivity index (χ4n) is 3.37. The molecule has 0 aliphatic heterocycles. The van der Waals surface area contributed by atoms with Gasteiger partial charge in [0, 0.05) is 17.3 Å². The molecule has 0 unspecified atom stereocenters. The van der Waals surface area contributed by atoms with Crippen LogP contribution in [0.5, 0.6) is 5.75 Å². The predicted octanol–water partition coefficient (Wildman–Crippen LogP) is 5.14. The molecule has 170 valence electrons. The zero-order valence-corrected chi connectivity index (χ0v) is 18.9. The topological polar surface area (TPSA) is 93.1 Å². The highest BCUT2D eigenvalue weighted by Gasteiger charge is 2.15. The number of benzene rings is 2. The first-order chi connectivity index (χ1) is 16.5. The Hall–Kier alpha value is -4.57. The summed E-state index contributed by atoms with van der Waals surface area (Å²) in [6, 6.07) is 22.7. The summed E-state index contributed by atoms with van der Waals surface area (Å²) >= 11 is 0. The number of nitrogens with zero attached hydrogens (tertiary/aromatic N) is 3. The Kier molecular flexibility index (Phi) is 6.89. The van der Waals surface area contributed by atoms with Crippen LogP contribution in [-0.2, 0) is 11.3 Å². The summed E-state index contributed by atoms with van der Waals surface area (Å²) in [6.45, 7) is 4.13. The summed E-state index contributed by atoms with van der Waals surface area (Å²) in [5, 5.41) is 17.1. The Morgan fingerprint density at radius 1 is 1.15 bits per heavy atom. The number of para-hydroxylation sites is 1. The van der Waals surface area contributed by atoms with Gasteiger partial charge in [-0.15, -0.1) is 0 Å². The highest BCUT2D eigenvalue weighted by atomic mass is 16.5. The van der Waals surface area contributed by atoms with Crippen molar-refractivity contribution in [2.75, 3.05) is 0 Å². The summed E-state index contributed by atoms with van der Waals surface area (Å²) in [5.74, 6) is 0.873. The monoisotopic (exact) mass is 452 g/mol. The highest BCUT2D eigenvalue weighted by molar-refractivity contribution is 6.02. The van der Waals surface area contributed by atoms with Crippen molar-refractivity contribution in [2.45, 2.75) is 26.5 Å². The Morgan fingerprint density at radius 3 is 2.56 bits per heavy atom. The Morgan fingerprint density at radius 2 is 1.91 bits per heavy atom. The van der Waals surface area contributed by atoms with E-state index in [1.165, 1.54) is 6.26 Å². The fraction of sp³-hybridized carbons (Fsp3) is 0.148. The van der Waals surface area contributed by atoms with Crippen LogP contribution in [-0.4, -0.2) is 21.8 Å². The van der Waals surface area contributed by atoms with Gasteiger partial charge < -0.3 is 14.5 Å². The summed E-state index contributed by atoms with van der Waals surface area (Å²) in [6.07, 6.45) is 4.96. The first-order valence-corrected chi connectivity index (χ1v) is 10.9. The molecule has 7 heteroatoms. The molecule has 2 aromatic heterocycles. The van der Waals surface area contributed by atoms with Crippen molar-refractivity contribution in [3.05, 3.63) is 96.1 Å². The van der Waals surface area contributed by atoms with E-state index < -0.39 is 5.91 Å². The van der Waals surface area contributed by atoms with Gasteiger partial charge in [0.2, 0.25) is 0 Å². The summed E-state index contributed by atoms with van der Waals surface area (Å²) in [5.41, 5.74) is 2.96. The van der Waals surface area contributed by atoms with Gasteiger partial charge in [-0.2, -0.15) is 10.4 Å². The molecule has 7 nitrogen and oxygen atoms in total. The molecule has 0 bridgehead atoms. The number of furan rings is 1. The predicted molar refractivity (Wildman–Crippen MR) is 129 cm³/mol. The Balaban J connectivity index is 1.68. The third-order valence-electron chi connectivity index (χ3n) is 4.93. The molecule has 4 aromatic rings. The van der Waals surface area contributed by atoms with Crippen LogP contribution in [0.25, 0.3) is 23.0 Å². The molecule has 0 atom stereocenters. The van der Waals surface area contributed by atoms with E-state index in [1.54, 1.807) is 29.1 Å². The number of aromatic nitrogens is 2. The van der Waals surface area contributed by atoms with Crippen LogP contribution < -0.4 is 10.1 Å². The lowest BCUT2D eigenvalue weighted by molar-refractivity contribution is -0.117. The maximum atomic E-state index is 12.7. The van der Waals surface area contributed by atoms with Crippen LogP contribution in [0.1, 0.15) is 25.2 Å². The van der Waals surface area contributed by atoms with Gasteiger partial charge in [0.25, 0.3) is 5.91 Å². The van der Waals surface area contributed by atoms with Crippen LogP contribution in [0.3, 0.4) is 0 Å². The number of nitrogens with one attached hydrogen (secondary N) is 1. The third kappa shape index (κ3) is 5.43. The van der Waals surface area contributed by atoms with E-state index in [2.05, 4.69) is 5.32 Å². The normalized spacial score (nSPS) is 11.3. The molecule has 0 fully saturated rings. The maximum Gasteiger partial charge on any atom is 0.262 e. The van der Waals surface area contributed by atoms with Gasteiger partial charge in [-0.1, -0.05) is 18.2 Å². The molecule has 0 saturated heterocycles. The van der Waals surface area contributed by atoms with E-state index in [0.29, 0.717) is 17.0 Å². The summed E-state index contributed by atoms with van der Waals surface area (Å²) < 4.78 is 12.7. The molecule has 0 aliphatic rings. The highest BCUT2D eigenvalue weighted by Crippen LogP contribution is 2.28. The number of amides is 1.